The zero-order valence-corrected chi connectivity index (χ0v) is 15.6. The topological polar surface area (TPSA) is 55.8 Å². The highest BCUT2D eigenvalue weighted by Gasteiger charge is 2.33. The quantitative estimate of drug-likeness (QED) is 0.848. The molecule has 0 aromatic heterocycles. The standard InChI is InChI=1S/C17H27NO4S/c1-12-10-18(11-13(2)22-12)23(19,20)14-7-8-16(21-6)15(9-14)17(3,4)5/h7-9,12-13H,10-11H2,1-6H3. The summed E-state index contributed by atoms with van der Waals surface area (Å²) in [4.78, 5) is 0.310. The molecule has 0 spiro atoms. The van der Waals surface area contributed by atoms with Crippen LogP contribution in [0.15, 0.2) is 23.1 Å². The predicted molar refractivity (Wildman–Crippen MR) is 90.5 cm³/mol. The highest BCUT2D eigenvalue weighted by Crippen LogP contribution is 2.34. The summed E-state index contributed by atoms with van der Waals surface area (Å²) in [6.45, 7) is 10.7. The minimum Gasteiger partial charge on any atom is -0.496 e. The van der Waals surface area contributed by atoms with Crippen LogP contribution in [0.2, 0.25) is 0 Å². The maximum absolute atomic E-state index is 13.0. The average molecular weight is 341 g/mol. The van der Waals surface area contributed by atoms with Gasteiger partial charge in [0, 0.05) is 18.7 Å². The Morgan fingerprint density at radius 1 is 1.17 bits per heavy atom. The number of methoxy groups -OCH3 is 1. The lowest BCUT2D eigenvalue weighted by Gasteiger charge is -2.34. The summed E-state index contributed by atoms with van der Waals surface area (Å²) in [6, 6.07) is 5.09. The fourth-order valence-electron chi connectivity index (χ4n) is 2.91. The molecule has 0 N–H and O–H groups in total. The van der Waals surface area contributed by atoms with Crippen LogP contribution in [0.1, 0.15) is 40.2 Å². The van der Waals surface area contributed by atoms with E-state index in [-0.39, 0.29) is 17.6 Å². The zero-order valence-electron chi connectivity index (χ0n) is 14.8. The molecular formula is C17H27NO4S. The minimum absolute atomic E-state index is 0.103. The van der Waals surface area contributed by atoms with E-state index in [4.69, 9.17) is 9.47 Å². The Labute approximate surface area is 139 Å². The van der Waals surface area contributed by atoms with E-state index in [1.54, 1.807) is 25.3 Å². The predicted octanol–water partition coefficient (Wildman–Crippen LogP) is 2.79. The Balaban J connectivity index is 2.44. The van der Waals surface area contributed by atoms with E-state index in [1.165, 1.54) is 4.31 Å². The molecule has 1 fully saturated rings. The molecule has 2 rings (SSSR count). The van der Waals surface area contributed by atoms with Crippen molar-refractivity contribution in [3.8, 4) is 5.75 Å². The molecule has 1 aromatic carbocycles. The molecule has 5 nitrogen and oxygen atoms in total. The lowest BCUT2D eigenvalue weighted by Crippen LogP contribution is -2.48. The number of sulfonamides is 1. The van der Waals surface area contributed by atoms with Crippen LogP contribution in [-0.4, -0.2) is 45.1 Å². The smallest absolute Gasteiger partial charge is 0.243 e. The third-order valence-corrected chi connectivity index (χ3v) is 5.83. The molecule has 1 aliphatic heterocycles. The fraction of sp³-hybridized carbons (Fsp3) is 0.647. The Kier molecular flexibility index (Phi) is 5.09. The van der Waals surface area contributed by atoms with Crippen molar-refractivity contribution in [3.63, 3.8) is 0 Å². The van der Waals surface area contributed by atoms with Crippen LogP contribution in [0, 0.1) is 0 Å². The monoisotopic (exact) mass is 341 g/mol. The lowest BCUT2D eigenvalue weighted by molar-refractivity contribution is -0.0440. The van der Waals surface area contributed by atoms with Gasteiger partial charge in [-0.2, -0.15) is 4.31 Å². The van der Waals surface area contributed by atoms with Crippen LogP contribution in [0.3, 0.4) is 0 Å². The second-order valence-corrected chi connectivity index (χ2v) is 9.13. The van der Waals surface area contributed by atoms with Crippen LogP contribution in [0.4, 0.5) is 0 Å². The number of hydrogen-bond acceptors (Lipinski definition) is 4. The molecule has 1 aliphatic rings. The van der Waals surface area contributed by atoms with Gasteiger partial charge in [-0.15, -0.1) is 0 Å². The molecule has 6 heteroatoms. The van der Waals surface area contributed by atoms with Gasteiger partial charge in [0.25, 0.3) is 0 Å². The normalized spacial score (nSPS) is 23.7. The fourth-order valence-corrected chi connectivity index (χ4v) is 4.53. The summed E-state index contributed by atoms with van der Waals surface area (Å²) in [5.74, 6) is 0.708. The Hall–Kier alpha value is -1.11. The highest BCUT2D eigenvalue weighted by atomic mass is 32.2. The molecule has 1 aromatic rings. The SMILES string of the molecule is COc1ccc(S(=O)(=O)N2CC(C)OC(C)C2)cc1C(C)(C)C. The Bertz CT molecular complexity index is 654. The van der Waals surface area contributed by atoms with E-state index < -0.39 is 10.0 Å². The summed E-state index contributed by atoms with van der Waals surface area (Å²) in [5.41, 5.74) is 0.679. The second kappa shape index (κ2) is 6.42. The van der Waals surface area contributed by atoms with Crippen LogP contribution in [-0.2, 0) is 20.2 Å². The van der Waals surface area contributed by atoms with Crippen LogP contribution in [0.25, 0.3) is 0 Å². The molecule has 130 valence electrons. The number of morpholine rings is 1. The molecule has 1 heterocycles. The molecule has 1 saturated heterocycles. The van der Waals surface area contributed by atoms with Gasteiger partial charge in [0.15, 0.2) is 0 Å². The third-order valence-electron chi connectivity index (χ3n) is 4.00. The van der Waals surface area contributed by atoms with Gasteiger partial charge in [-0.3, -0.25) is 0 Å². The number of nitrogens with zero attached hydrogens (tertiary/aromatic N) is 1. The molecule has 0 amide bonds. The molecule has 2 atom stereocenters. The van der Waals surface area contributed by atoms with Gasteiger partial charge in [-0.05, 0) is 37.5 Å². The average Bonchev–Trinajstić information content (AvgIpc) is 2.44. The molecule has 23 heavy (non-hydrogen) atoms. The molecule has 0 bridgehead atoms. The maximum atomic E-state index is 13.0. The van der Waals surface area contributed by atoms with Gasteiger partial charge in [0.1, 0.15) is 5.75 Å². The minimum atomic E-state index is -3.54. The van der Waals surface area contributed by atoms with Gasteiger partial charge in [-0.25, -0.2) is 8.42 Å². The maximum Gasteiger partial charge on any atom is 0.243 e. The Morgan fingerprint density at radius 3 is 2.22 bits per heavy atom. The summed E-state index contributed by atoms with van der Waals surface area (Å²) in [5, 5.41) is 0. The largest absolute Gasteiger partial charge is 0.496 e. The number of rotatable bonds is 3. The first-order valence-corrected chi connectivity index (χ1v) is 9.34. The first-order chi connectivity index (χ1) is 10.6. The van der Waals surface area contributed by atoms with E-state index in [1.807, 2.05) is 34.6 Å². The molecule has 0 saturated carbocycles. The van der Waals surface area contributed by atoms with Crippen molar-refractivity contribution in [1.29, 1.82) is 0 Å². The van der Waals surface area contributed by atoms with Crippen molar-refractivity contribution < 1.29 is 17.9 Å². The van der Waals surface area contributed by atoms with Gasteiger partial charge in [0.05, 0.1) is 24.2 Å². The first-order valence-electron chi connectivity index (χ1n) is 7.90. The van der Waals surface area contributed by atoms with E-state index in [0.717, 1.165) is 5.56 Å². The first kappa shape index (κ1) is 18.2. The molecule has 0 aliphatic carbocycles. The van der Waals surface area contributed by atoms with Crippen molar-refractivity contribution in [2.75, 3.05) is 20.2 Å². The summed E-state index contributed by atoms with van der Waals surface area (Å²) >= 11 is 0. The third kappa shape index (κ3) is 3.87. The van der Waals surface area contributed by atoms with E-state index in [0.29, 0.717) is 23.7 Å². The van der Waals surface area contributed by atoms with Crippen molar-refractivity contribution >= 4 is 10.0 Å². The van der Waals surface area contributed by atoms with Crippen LogP contribution in [0.5, 0.6) is 5.75 Å². The molecule has 0 radical (unpaired) electrons. The van der Waals surface area contributed by atoms with Crippen molar-refractivity contribution in [2.24, 2.45) is 0 Å². The zero-order chi connectivity index (χ0) is 17.4. The number of hydrogen-bond donors (Lipinski definition) is 0. The van der Waals surface area contributed by atoms with E-state index in [2.05, 4.69) is 0 Å². The van der Waals surface area contributed by atoms with Crippen molar-refractivity contribution in [3.05, 3.63) is 23.8 Å². The highest BCUT2D eigenvalue weighted by molar-refractivity contribution is 7.89. The molecule has 2 unspecified atom stereocenters. The molecular weight excluding hydrogens is 314 g/mol. The van der Waals surface area contributed by atoms with Gasteiger partial charge in [-0.1, -0.05) is 20.8 Å². The van der Waals surface area contributed by atoms with E-state index in [9.17, 15) is 8.42 Å². The van der Waals surface area contributed by atoms with Gasteiger partial charge < -0.3 is 9.47 Å². The van der Waals surface area contributed by atoms with Gasteiger partial charge >= 0.3 is 0 Å². The number of benzene rings is 1. The number of ether oxygens (including phenoxy) is 2. The van der Waals surface area contributed by atoms with E-state index >= 15 is 0 Å². The lowest BCUT2D eigenvalue weighted by atomic mass is 9.86. The van der Waals surface area contributed by atoms with Crippen molar-refractivity contribution in [2.45, 2.75) is 57.1 Å². The van der Waals surface area contributed by atoms with Crippen LogP contribution < -0.4 is 4.74 Å². The van der Waals surface area contributed by atoms with Crippen LogP contribution >= 0.6 is 0 Å². The van der Waals surface area contributed by atoms with Crippen molar-refractivity contribution in [1.82, 2.24) is 4.31 Å². The summed E-state index contributed by atoms with van der Waals surface area (Å²) in [6.07, 6.45) is -0.206. The summed E-state index contributed by atoms with van der Waals surface area (Å²) < 4.78 is 38.5. The van der Waals surface area contributed by atoms with Gasteiger partial charge in [0.2, 0.25) is 10.0 Å². The summed E-state index contributed by atoms with van der Waals surface area (Å²) in [7, 11) is -1.94. The second-order valence-electron chi connectivity index (χ2n) is 7.19. The Morgan fingerprint density at radius 2 is 1.74 bits per heavy atom.